The first-order chi connectivity index (χ1) is 10.1. The Hall–Kier alpha value is -1.58. The molecule has 1 heterocycles. The fourth-order valence-electron chi connectivity index (χ4n) is 2.45. The van der Waals surface area contributed by atoms with E-state index in [0.29, 0.717) is 0 Å². The maximum absolute atomic E-state index is 5.59. The number of halogens is 1. The Morgan fingerprint density at radius 3 is 2.52 bits per heavy atom. The molecule has 3 rings (SSSR count). The number of rotatable bonds is 4. The maximum atomic E-state index is 5.59. The van der Waals surface area contributed by atoms with Crippen molar-refractivity contribution in [2.75, 3.05) is 0 Å². The van der Waals surface area contributed by atoms with E-state index in [1.54, 1.807) is 0 Å². The lowest BCUT2D eigenvalue weighted by molar-refractivity contribution is 0.400. The molecule has 0 atom stereocenters. The molecule has 0 radical (unpaired) electrons. The van der Waals surface area contributed by atoms with Gasteiger partial charge in [0.25, 0.3) is 0 Å². The van der Waals surface area contributed by atoms with Gasteiger partial charge in [0.1, 0.15) is 5.58 Å². The quantitative estimate of drug-likeness (QED) is 0.702. The third-order valence-electron chi connectivity index (χ3n) is 3.85. The predicted octanol–water partition coefficient (Wildman–Crippen LogP) is 5.22. The molecular weight excluding hydrogens is 326 g/mol. The van der Waals surface area contributed by atoms with Gasteiger partial charge in [0, 0.05) is 27.5 Å². The first-order valence-electron chi connectivity index (χ1n) is 7.02. The van der Waals surface area contributed by atoms with E-state index in [4.69, 9.17) is 4.42 Å². The van der Waals surface area contributed by atoms with Crippen LogP contribution in [-0.4, -0.2) is 0 Å². The second-order valence-corrected chi connectivity index (χ2v) is 6.66. The zero-order chi connectivity index (χ0) is 14.9. The smallest absolute Gasteiger partial charge is 0.134 e. The Kier molecular flexibility index (Phi) is 3.87. The van der Waals surface area contributed by atoms with Crippen LogP contribution < -0.4 is 5.32 Å². The van der Waals surface area contributed by atoms with Gasteiger partial charge in [-0.1, -0.05) is 46.3 Å². The van der Waals surface area contributed by atoms with Gasteiger partial charge in [0.15, 0.2) is 0 Å². The number of para-hydroxylation sites is 1. The topological polar surface area (TPSA) is 25.2 Å². The fourth-order valence-corrected chi connectivity index (χ4v) is 2.72. The van der Waals surface area contributed by atoms with Gasteiger partial charge in [-0.25, -0.2) is 0 Å². The first-order valence-corrected chi connectivity index (χ1v) is 7.82. The molecule has 2 nitrogen and oxygen atoms in total. The van der Waals surface area contributed by atoms with Gasteiger partial charge in [-0.15, -0.1) is 0 Å². The lowest BCUT2D eigenvalue weighted by Gasteiger charge is -2.27. The van der Waals surface area contributed by atoms with Crippen LogP contribution in [0.4, 0.5) is 0 Å². The first kappa shape index (κ1) is 14.4. The molecule has 0 unspecified atom stereocenters. The molecule has 0 aliphatic carbocycles. The molecule has 0 aliphatic rings. The van der Waals surface area contributed by atoms with Gasteiger partial charge < -0.3 is 9.73 Å². The Morgan fingerprint density at radius 2 is 1.76 bits per heavy atom. The number of hydrogen-bond donors (Lipinski definition) is 1. The standard InChI is InChI=1S/C18H18BrNO/c1-18(2,14-7-9-15(19)10-8-14)20-11-13-12-21-17-6-4-3-5-16(13)17/h3-10,12,20H,11H2,1-2H3. The lowest BCUT2D eigenvalue weighted by atomic mass is 9.94. The van der Waals surface area contributed by atoms with Crippen LogP contribution >= 0.6 is 15.9 Å². The molecule has 0 saturated carbocycles. The van der Waals surface area contributed by atoms with Crippen molar-refractivity contribution in [1.82, 2.24) is 5.32 Å². The van der Waals surface area contributed by atoms with E-state index in [1.807, 2.05) is 24.5 Å². The molecule has 0 fully saturated rings. The normalized spacial score (nSPS) is 12.0. The summed E-state index contributed by atoms with van der Waals surface area (Å²) in [7, 11) is 0. The predicted molar refractivity (Wildman–Crippen MR) is 90.2 cm³/mol. The van der Waals surface area contributed by atoms with E-state index >= 15 is 0 Å². The van der Waals surface area contributed by atoms with Crippen molar-refractivity contribution < 1.29 is 4.42 Å². The molecular formula is C18H18BrNO. The lowest BCUT2D eigenvalue weighted by Crippen LogP contribution is -2.35. The van der Waals surface area contributed by atoms with Gasteiger partial charge in [-0.3, -0.25) is 0 Å². The third kappa shape index (κ3) is 3.04. The molecule has 0 spiro atoms. The van der Waals surface area contributed by atoms with E-state index < -0.39 is 0 Å². The highest BCUT2D eigenvalue weighted by Gasteiger charge is 2.20. The van der Waals surface area contributed by atoms with Gasteiger partial charge in [-0.05, 0) is 37.6 Å². The molecule has 1 aromatic heterocycles. The summed E-state index contributed by atoms with van der Waals surface area (Å²) in [6, 6.07) is 16.6. The highest BCUT2D eigenvalue weighted by molar-refractivity contribution is 9.10. The van der Waals surface area contributed by atoms with Crippen LogP contribution in [0.5, 0.6) is 0 Å². The zero-order valence-electron chi connectivity index (χ0n) is 12.2. The Labute approximate surface area is 133 Å². The third-order valence-corrected chi connectivity index (χ3v) is 4.38. The van der Waals surface area contributed by atoms with E-state index in [-0.39, 0.29) is 5.54 Å². The molecule has 21 heavy (non-hydrogen) atoms. The van der Waals surface area contributed by atoms with Gasteiger partial charge in [-0.2, -0.15) is 0 Å². The van der Waals surface area contributed by atoms with Crippen molar-refractivity contribution >= 4 is 26.9 Å². The average Bonchev–Trinajstić information content (AvgIpc) is 2.89. The van der Waals surface area contributed by atoms with Crippen molar-refractivity contribution in [1.29, 1.82) is 0 Å². The van der Waals surface area contributed by atoms with Gasteiger partial charge in [0.05, 0.1) is 6.26 Å². The molecule has 0 bridgehead atoms. The summed E-state index contributed by atoms with van der Waals surface area (Å²) in [6.07, 6.45) is 1.84. The van der Waals surface area contributed by atoms with Gasteiger partial charge >= 0.3 is 0 Å². The summed E-state index contributed by atoms with van der Waals surface area (Å²) < 4.78 is 6.69. The second kappa shape index (κ2) is 5.66. The van der Waals surface area contributed by atoms with Crippen LogP contribution in [0.1, 0.15) is 25.0 Å². The Morgan fingerprint density at radius 1 is 1.05 bits per heavy atom. The number of benzene rings is 2. The van der Waals surface area contributed by atoms with Crippen molar-refractivity contribution in [2.24, 2.45) is 0 Å². The van der Waals surface area contributed by atoms with Crippen molar-refractivity contribution in [2.45, 2.75) is 25.9 Å². The van der Waals surface area contributed by atoms with E-state index in [0.717, 1.165) is 16.6 Å². The van der Waals surface area contributed by atoms with Crippen LogP contribution in [0.15, 0.2) is 63.7 Å². The number of hydrogen-bond acceptors (Lipinski definition) is 2. The van der Waals surface area contributed by atoms with E-state index in [2.05, 4.69) is 65.4 Å². The SMILES string of the molecule is CC(C)(NCc1coc2ccccc12)c1ccc(Br)cc1. The Balaban J connectivity index is 1.78. The second-order valence-electron chi connectivity index (χ2n) is 5.74. The minimum Gasteiger partial charge on any atom is -0.464 e. The van der Waals surface area contributed by atoms with E-state index in [1.165, 1.54) is 16.5 Å². The molecule has 3 heteroatoms. The number of furan rings is 1. The number of nitrogens with one attached hydrogen (secondary N) is 1. The summed E-state index contributed by atoms with van der Waals surface area (Å²) in [6.45, 7) is 5.16. The maximum Gasteiger partial charge on any atom is 0.134 e. The largest absolute Gasteiger partial charge is 0.464 e. The summed E-state index contributed by atoms with van der Waals surface area (Å²) in [5, 5.41) is 4.79. The Bertz CT molecular complexity index is 743. The van der Waals surface area contributed by atoms with Crippen molar-refractivity contribution in [3.8, 4) is 0 Å². The summed E-state index contributed by atoms with van der Waals surface area (Å²) in [4.78, 5) is 0. The van der Waals surface area contributed by atoms with Crippen molar-refractivity contribution in [3.63, 3.8) is 0 Å². The summed E-state index contributed by atoms with van der Waals surface area (Å²) in [5.74, 6) is 0. The molecule has 108 valence electrons. The highest BCUT2D eigenvalue weighted by atomic mass is 79.9. The zero-order valence-corrected chi connectivity index (χ0v) is 13.8. The van der Waals surface area contributed by atoms with Crippen LogP contribution in [0.3, 0.4) is 0 Å². The molecule has 0 aliphatic heterocycles. The highest BCUT2D eigenvalue weighted by Crippen LogP contribution is 2.25. The molecule has 0 saturated heterocycles. The molecule has 3 aromatic rings. The van der Waals surface area contributed by atoms with Crippen LogP contribution in [-0.2, 0) is 12.1 Å². The summed E-state index contributed by atoms with van der Waals surface area (Å²) >= 11 is 3.48. The van der Waals surface area contributed by atoms with Crippen LogP contribution in [0.25, 0.3) is 11.0 Å². The summed E-state index contributed by atoms with van der Waals surface area (Å²) in [5.41, 5.74) is 3.30. The minimum absolute atomic E-state index is 0.0981. The average molecular weight is 344 g/mol. The van der Waals surface area contributed by atoms with Crippen LogP contribution in [0.2, 0.25) is 0 Å². The van der Waals surface area contributed by atoms with Crippen LogP contribution in [0, 0.1) is 0 Å². The monoisotopic (exact) mass is 343 g/mol. The molecule has 2 aromatic carbocycles. The fraction of sp³-hybridized carbons (Fsp3) is 0.222. The number of fused-ring (bicyclic) bond motifs is 1. The minimum atomic E-state index is -0.0981. The molecule has 0 amide bonds. The van der Waals surface area contributed by atoms with Crippen molar-refractivity contribution in [3.05, 3.63) is 70.4 Å². The molecule has 1 N–H and O–H groups in total. The van der Waals surface area contributed by atoms with E-state index in [9.17, 15) is 0 Å². The van der Waals surface area contributed by atoms with Gasteiger partial charge in [0.2, 0.25) is 0 Å².